The Labute approximate surface area is 112 Å². The van der Waals surface area contributed by atoms with Crippen molar-refractivity contribution in [2.75, 3.05) is 13.1 Å². The molecule has 104 valence electrons. The SMILES string of the molecule is NCC1(NCCCC2CC2)CCCC(C2CC2)C1. The Hall–Kier alpha value is -0.0800. The lowest BCUT2D eigenvalue weighted by Crippen LogP contribution is -2.54. The highest BCUT2D eigenvalue weighted by molar-refractivity contribution is 4.98. The van der Waals surface area contributed by atoms with Gasteiger partial charge in [0, 0.05) is 12.1 Å². The summed E-state index contributed by atoms with van der Waals surface area (Å²) in [4.78, 5) is 0. The molecule has 0 amide bonds. The van der Waals surface area contributed by atoms with Crippen molar-refractivity contribution in [3.8, 4) is 0 Å². The number of nitrogens with one attached hydrogen (secondary N) is 1. The van der Waals surface area contributed by atoms with Crippen molar-refractivity contribution < 1.29 is 0 Å². The molecule has 2 unspecified atom stereocenters. The number of rotatable bonds is 7. The van der Waals surface area contributed by atoms with Gasteiger partial charge in [0.1, 0.15) is 0 Å². The molecule has 0 aromatic heterocycles. The van der Waals surface area contributed by atoms with Gasteiger partial charge in [-0.05, 0) is 62.8 Å². The van der Waals surface area contributed by atoms with Crippen molar-refractivity contribution in [1.82, 2.24) is 5.32 Å². The summed E-state index contributed by atoms with van der Waals surface area (Å²) in [7, 11) is 0. The third-order valence-corrected chi connectivity index (χ3v) is 5.55. The minimum absolute atomic E-state index is 0.301. The Bertz CT molecular complexity index is 270. The topological polar surface area (TPSA) is 38.0 Å². The zero-order valence-electron chi connectivity index (χ0n) is 11.8. The van der Waals surface area contributed by atoms with Crippen LogP contribution in [0.1, 0.15) is 64.2 Å². The number of nitrogens with two attached hydrogens (primary N) is 1. The third-order valence-electron chi connectivity index (χ3n) is 5.55. The van der Waals surface area contributed by atoms with Gasteiger partial charge in [0.15, 0.2) is 0 Å². The van der Waals surface area contributed by atoms with Crippen molar-refractivity contribution in [3.05, 3.63) is 0 Å². The zero-order valence-corrected chi connectivity index (χ0v) is 11.8. The van der Waals surface area contributed by atoms with Crippen LogP contribution in [0.5, 0.6) is 0 Å². The van der Waals surface area contributed by atoms with E-state index in [0.29, 0.717) is 5.54 Å². The van der Waals surface area contributed by atoms with E-state index >= 15 is 0 Å². The van der Waals surface area contributed by atoms with Gasteiger partial charge in [-0.2, -0.15) is 0 Å². The summed E-state index contributed by atoms with van der Waals surface area (Å²) in [5.41, 5.74) is 6.41. The second kappa shape index (κ2) is 5.50. The molecule has 0 spiro atoms. The summed E-state index contributed by atoms with van der Waals surface area (Å²) >= 11 is 0. The maximum absolute atomic E-state index is 6.11. The Morgan fingerprint density at radius 3 is 2.56 bits per heavy atom. The number of hydrogen-bond donors (Lipinski definition) is 2. The van der Waals surface area contributed by atoms with Crippen LogP contribution in [-0.2, 0) is 0 Å². The van der Waals surface area contributed by atoms with Crippen LogP contribution in [0.15, 0.2) is 0 Å². The number of hydrogen-bond acceptors (Lipinski definition) is 2. The summed E-state index contributed by atoms with van der Waals surface area (Å²) in [6.07, 6.45) is 14.3. The van der Waals surface area contributed by atoms with Crippen molar-refractivity contribution >= 4 is 0 Å². The van der Waals surface area contributed by atoms with E-state index in [9.17, 15) is 0 Å². The monoisotopic (exact) mass is 250 g/mol. The smallest absolute Gasteiger partial charge is 0.0306 e. The van der Waals surface area contributed by atoms with Crippen LogP contribution in [0.4, 0.5) is 0 Å². The largest absolute Gasteiger partial charge is 0.329 e. The molecule has 0 radical (unpaired) electrons. The summed E-state index contributed by atoms with van der Waals surface area (Å²) in [5.74, 6) is 3.12. The fourth-order valence-electron chi connectivity index (χ4n) is 3.95. The lowest BCUT2D eigenvalue weighted by Gasteiger charge is -2.41. The first-order chi connectivity index (χ1) is 8.81. The van der Waals surface area contributed by atoms with Gasteiger partial charge in [0.05, 0.1) is 0 Å². The van der Waals surface area contributed by atoms with Crippen LogP contribution >= 0.6 is 0 Å². The Morgan fingerprint density at radius 2 is 1.89 bits per heavy atom. The molecule has 0 bridgehead atoms. The highest BCUT2D eigenvalue weighted by atomic mass is 15.0. The molecule has 0 aliphatic heterocycles. The predicted octanol–water partition coefficient (Wildman–Crippen LogP) is 3.06. The molecule has 0 saturated heterocycles. The van der Waals surface area contributed by atoms with E-state index in [4.69, 9.17) is 5.73 Å². The molecule has 2 heteroatoms. The van der Waals surface area contributed by atoms with E-state index in [1.807, 2.05) is 0 Å². The van der Waals surface area contributed by atoms with Crippen LogP contribution in [0.25, 0.3) is 0 Å². The van der Waals surface area contributed by atoms with Gasteiger partial charge in [-0.3, -0.25) is 0 Å². The van der Waals surface area contributed by atoms with E-state index in [1.165, 1.54) is 70.8 Å². The third kappa shape index (κ3) is 3.27. The minimum Gasteiger partial charge on any atom is -0.329 e. The molecule has 0 aromatic rings. The highest BCUT2D eigenvalue weighted by Crippen LogP contribution is 2.46. The molecule has 2 atom stereocenters. The second-order valence-corrected chi connectivity index (χ2v) is 7.19. The van der Waals surface area contributed by atoms with E-state index in [1.54, 1.807) is 0 Å². The zero-order chi connectivity index (χ0) is 12.4. The van der Waals surface area contributed by atoms with Crippen LogP contribution in [0.3, 0.4) is 0 Å². The second-order valence-electron chi connectivity index (χ2n) is 7.19. The lowest BCUT2D eigenvalue weighted by molar-refractivity contribution is 0.169. The van der Waals surface area contributed by atoms with Crippen LogP contribution in [-0.4, -0.2) is 18.6 Å². The first-order valence-electron chi connectivity index (χ1n) is 8.26. The molecule has 3 aliphatic carbocycles. The van der Waals surface area contributed by atoms with Crippen molar-refractivity contribution in [3.63, 3.8) is 0 Å². The van der Waals surface area contributed by atoms with Crippen molar-refractivity contribution in [1.29, 1.82) is 0 Å². The summed E-state index contributed by atoms with van der Waals surface area (Å²) in [5, 5.41) is 3.86. The average molecular weight is 250 g/mol. The summed E-state index contributed by atoms with van der Waals surface area (Å²) in [6, 6.07) is 0. The maximum atomic E-state index is 6.11. The van der Waals surface area contributed by atoms with Gasteiger partial charge in [-0.15, -0.1) is 0 Å². The Morgan fingerprint density at radius 1 is 1.06 bits per heavy atom. The van der Waals surface area contributed by atoms with Gasteiger partial charge in [0.2, 0.25) is 0 Å². The normalized spacial score (nSPS) is 36.8. The first-order valence-corrected chi connectivity index (χ1v) is 8.26. The predicted molar refractivity (Wildman–Crippen MR) is 76.4 cm³/mol. The summed E-state index contributed by atoms with van der Waals surface area (Å²) < 4.78 is 0. The molecule has 3 aliphatic rings. The molecule has 0 aromatic carbocycles. The average Bonchev–Trinajstić information content (AvgIpc) is 3.29. The summed E-state index contributed by atoms with van der Waals surface area (Å²) in [6.45, 7) is 2.05. The molecule has 3 N–H and O–H groups in total. The first kappa shape index (κ1) is 12.9. The minimum atomic E-state index is 0.301. The fourth-order valence-corrected chi connectivity index (χ4v) is 3.95. The van der Waals surface area contributed by atoms with Crippen LogP contribution in [0, 0.1) is 17.8 Å². The van der Waals surface area contributed by atoms with Gasteiger partial charge in [-0.25, -0.2) is 0 Å². The fraction of sp³-hybridized carbons (Fsp3) is 1.00. The quantitative estimate of drug-likeness (QED) is 0.682. The van der Waals surface area contributed by atoms with E-state index in [-0.39, 0.29) is 0 Å². The molecular formula is C16H30N2. The molecular weight excluding hydrogens is 220 g/mol. The van der Waals surface area contributed by atoms with Gasteiger partial charge < -0.3 is 11.1 Å². The lowest BCUT2D eigenvalue weighted by atomic mass is 9.73. The highest BCUT2D eigenvalue weighted by Gasteiger charge is 2.40. The van der Waals surface area contributed by atoms with Crippen molar-refractivity contribution in [2.24, 2.45) is 23.5 Å². The van der Waals surface area contributed by atoms with Gasteiger partial charge in [0.25, 0.3) is 0 Å². The molecule has 3 rings (SSSR count). The van der Waals surface area contributed by atoms with Gasteiger partial charge >= 0.3 is 0 Å². The van der Waals surface area contributed by atoms with Gasteiger partial charge in [-0.1, -0.05) is 25.7 Å². The standard InChI is InChI=1S/C16H30N2/c17-12-16(18-10-2-3-13-5-6-13)9-1-4-15(11-16)14-7-8-14/h13-15,18H,1-12,17H2. The molecule has 3 saturated carbocycles. The molecule has 18 heavy (non-hydrogen) atoms. The Kier molecular flexibility index (Phi) is 3.95. The van der Waals surface area contributed by atoms with E-state index in [2.05, 4.69) is 5.32 Å². The van der Waals surface area contributed by atoms with E-state index < -0.39 is 0 Å². The maximum Gasteiger partial charge on any atom is 0.0306 e. The van der Waals surface area contributed by atoms with Crippen LogP contribution < -0.4 is 11.1 Å². The Balaban J connectivity index is 1.44. The van der Waals surface area contributed by atoms with Crippen molar-refractivity contribution in [2.45, 2.75) is 69.7 Å². The molecule has 0 heterocycles. The molecule has 2 nitrogen and oxygen atoms in total. The van der Waals surface area contributed by atoms with E-state index in [0.717, 1.165) is 24.3 Å². The molecule has 3 fully saturated rings. The van der Waals surface area contributed by atoms with Crippen LogP contribution in [0.2, 0.25) is 0 Å².